The van der Waals surface area contributed by atoms with Gasteiger partial charge in [0.25, 0.3) is 0 Å². The summed E-state index contributed by atoms with van der Waals surface area (Å²) < 4.78 is 7.66. The van der Waals surface area contributed by atoms with Crippen molar-refractivity contribution in [2.75, 3.05) is 6.61 Å². The molecule has 0 atom stereocenters. The second-order valence-electron chi connectivity index (χ2n) is 10.4. The van der Waals surface area contributed by atoms with Gasteiger partial charge < -0.3 is 9.22 Å². The molecule has 0 radical (unpaired) electrons. The highest BCUT2D eigenvalue weighted by Crippen LogP contribution is 2.44. The van der Waals surface area contributed by atoms with E-state index in [1.165, 1.54) is 0 Å². The summed E-state index contributed by atoms with van der Waals surface area (Å²) in [5.41, 5.74) is 0. The fraction of sp³-hybridized carbons (Fsp3) is 0.895. The largest absolute Gasteiger partial charge is 0.455 e. The lowest BCUT2D eigenvalue weighted by Gasteiger charge is -2.47. The second kappa shape index (κ2) is 9.50. The lowest BCUT2D eigenvalue weighted by atomic mass is 9.76. The van der Waals surface area contributed by atoms with Gasteiger partial charge in [-0.05, 0) is 92.8 Å². The molecule has 2 nitrogen and oxygen atoms in total. The van der Waals surface area contributed by atoms with Crippen molar-refractivity contribution in [3.63, 3.8) is 0 Å². The van der Waals surface area contributed by atoms with Crippen molar-refractivity contribution in [2.45, 2.75) is 90.6 Å². The summed E-state index contributed by atoms with van der Waals surface area (Å²) in [5, 5.41) is 9.34. The Kier molecular flexibility index (Phi) is 9.90. The molecule has 0 aromatic carbocycles. The minimum Gasteiger partial charge on any atom is -0.455 e. The van der Waals surface area contributed by atoms with E-state index in [2.05, 4.69) is 106 Å². The number of allylic oxidation sites excluding steroid dienone is 1. The van der Waals surface area contributed by atoms with Crippen LogP contribution in [0.25, 0.3) is 0 Å². The number of aliphatic hydroxyl groups excluding tert-OH is 1. The first-order valence-corrected chi connectivity index (χ1v) is 16.7. The Morgan fingerprint density at radius 1 is 0.960 bits per heavy atom. The predicted molar refractivity (Wildman–Crippen MR) is 125 cm³/mol. The van der Waals surface area contributed by atoms with Crippen molar-refractivity contribution in [2.24, 2.45) is 11.8 Å². The molecule has 0 aromatic heterocycles. The number of halogens is 2. The zero-order valence-corrected chi connectivity index (χ0v) is 23.1. The van der Waals surface area contributed by atoms with E-state index in [0.29, 0.717) is 28.5 Å². The smallest absolute Gasteiger partial charge is 0.178 e. The maximum absolute atomic E-state index is 8.69. The van der Waals surface area contributed by atoms with Crippen molar-refractivity contribution >= 4 is 48.5 Å². The van der Waals surface area contributed by atoms with Crippen LogP contribution in [-0.4, -0.2) is 28.3 Å². The van der Waals surface area contributed by atoms with Crippen LogP contribution in [0.4, 0.5) is 0 Å². The summed E-state index contributed by atoms with van der Waals surface area (Å²) in [6.07, 6.45) is 4.42. The predicted octanol–water partition coefficient (Wildman–Crippen LogP) is 7.65. The van der Waals surface area contributed by atoms with Gasteiger partial charge in [0.05, 0.1) is 3.39 Å². The third-order valence-electron chi connectivity index (χ3n) is 6.01. The van der Waals surface area contributed by atoms with Crippen LogP contribution in [0.5, 0.6) is 0 Å². The average molecular weight is 517 g/mol. The zero-order valence-electron chi connectivity index (χ0n) is 18.0. The van der Waals surface area contributed by atoms with E-state index in [1.54, 1.807) is 0 Å². The van der Waals surface area contributed by atoms with E-state index < -0.39 is 16.6 Å². The van der Waals surface area contributed by atoms with Crippen molar-refractivity contribution < 1.29 is 9.22 Å². The molecule has 0 saturated heterocycles. The Morgan fingerprint density at radius 2 is 1.32 bits per heavy atom. The van der Waals surface area contributed by atoms with E-state index >= 15 is 0 Å². The molecule has 1 N–H and O–H groups in total. The summed E-state index contributed by atoms with van der Waals surface area (Å²) >= 11 is 6.61. The lowest BCUT2D eigenvalue weighted by molar-refractivity contribution is 0.130. The molecule has 1 aliphatic rings. The number of hydrogen-bond acceptors (Lipinski definition) is 2. The van der Waals surface area contributed by atoms with Crippen LogP contribution in [-0.2, 0) is 4.12 Å². The van der Waals surface area contributed by atoms with Gasteiger partial charge in [-0.25, -0.2) is 0 Å². The highest BCUT2D eigenvalue weighted by atomic mass is 79.9. The van der Waals surface area contributed by atoms with E-state index in [9.17, 15) is 0 Å². The Morgan fingerprint density at radius 3 is 1.56 bits per heavy atom. The molecule has 1 fully saturated rings. The minimum atomic E-state index is -1.59. The normalized spacial score (nSPS) is 21.8. The van der Waals surface area contributed by atoms with Crippen molar-refractivity contribution in [1.82, 2.24) is 0 Å². The van der Waals surface area contributed by atoms with Crippen LogP contribution < -0.4 is 0 Å². The first kappa shape index (κ1) is 26.1. The van der Waals surface area contributed by atoms with Gasteiger partial charge in [-0.15, -0.1) is 0 Å². The fourth-order valence-corrected chi connectivity index (χ4v) is 10.5. The highest BCUT2D eigenvalue weighted by Gasteiger charge is 2.46. The molecule has 1 saturated carbocycles. The molecule has 0 heterocycles. The molecular formula is C19H40Br2O2Si2. The minimum absolute atomic E-state index is 0.322. The second-order valence-corrected chi connectivity index (χ2v) is 23.0. The van der Waals surface area contributed by atoms with E-state index in [0.717, 1.165) is 16.2 Å². The molecule has 25 heavy (non-hydrogen) atoms. The monoisotopic (exact) mass is 514 g/mol. The van der Waals surface area contributed by atoms with Crippen LogP contribution in [0.15, 0.2) is 9.47 Å². The van der Waals surface area contributed by atoms with E-state index in [4.69, 9.17) is 9.22 Å². The first-order valence-electron chi connectivity index (χ1n) is 9.27. The average Bonchev–Trinajstić information content (AvgIpc) is 2.29. The summed E-state index contributed by atoms with van der Waals surface area (Å²) in [4.78, 5) is 0. The third kappa shape index (κ3) is 8.73. The molecule has 0 aliphatic heterocycles. The fourth-order valence-electron chi connectivity index (χ4n) is 2.19. The molecule has 1 aliphatic carbocycles. The molecule has 0 amide bonds. The van der Waals surface area contributed by atoms with Crippen molar-refractivity contribution in [1.29, 1.82) is 0 Å². The van der Waals surface area contributed by atoms with Crippen LogP contribution >= 0.6 is 31.9 Å². The van der Waals surface area contributed by atoms with E-state index in [1.807, 2.05) is 0 Å². The van der Waals surface area contributed by atoms with Gasteiger partial charge in [0, 0.05) is 6.61 Å². The first-order chi connectivity index (χ1) is 10.9. The molecule has 150 valence electrons. The number of aliphatic hydroxyl groups is 1. The summed E-state index contributed by atoms with van der Waals surface area (Å²) in [7, 11) is -3.18. The standard InChI is InChI=1S/C12H30OSi2.C7H10Br2O/c1-11(2,3)14(7,8)13-15(9,10)12(4,5)6;8-7(9)3-5-1-6(2-5)4-10/h1-10H3;3,5-6,10H,1-2,4H2. The quantitative estimate of drug-likeness (QED) is 0.389. The maximum Gasteiger partial charge on any atom is 0.178 e. The zero-order chi connectivity index (χ0) is 20.3. The van der Waals surface area contributed by atoms with Crippen LogP contribution in [0, 0.1) is 11.8 Å². The van der Waals surface area contributed by atoms with Gasteiger partial charge in [0.1, 0.15) is 0 Å². The van der Waals surface area contributed by atoms with Gasteiger partial charge in [-0.1, -0.05) is 47.6 Å². The van der Waals surface area contributed by atoms with E-state index in [-0.39, 0.29) is 0 Å². The van der Waals surface area contributed by atoms with Crippen molar-refractivity contribution in [3.8, 4) is 0 Å². The molecule has 0 aromatic rings. The Hall–Kier alpha value is 1.05. The van der Waals surface area contributed by atoms with Gasteiger partial charge in [0.2, 0.25) is 0 Å². The van der Waals surface area contributed by atoms with Crippen molar-refractivity contribution in [3.05, 3.63) is 9.47 Å². The number of rotatable bonds is 4. The molecular weight excluding hydrogens is 476 g/mol. The van der Waals surface area contributed by atoms with Gasteiger partial charge in [0.15, 0.2) is 16.6 Å². The molecule has 0 spiro atoms. The topological polar surface area (TPSA) is 29.5 Å². The van der Waals surface area contributed by atoms with Crippen LogP contribution in [0.2, 0.25) is 36.3 Å². The SMILES string of the molecule is CC(C)(C)[Si](C)(C)O[Si](C)(C)C(C)(C)C.OCC1CC(C=C(Br)Br)C1. The summed E-state index contributed by atoms with van der Waals surface area (Å²) in [6, 6.07) is 0. The summed E-state index contributed by atoms with van der Waals surface area (Å²) in [5.74, 6) is 1.23. The highest BCUT2D eigenvalue weighted by molar-refractivity contribution is 9.28. The lowest BCUT2D eigenvalue weighted by Crippen LogP contribution is -2.53. The Balaban J connectivity index is 0.000000496. The van der Waals surface area contributed by atoms with Gasteiger partial charge in [-0.2, -0.15) is 0 Å². The molecule has 6 heteroatoms. The molecule has 1 rings (SSSR count). The van der Waals surface area contributed by atoms with Gasteiger partial charge in [-0.3, -0.25) is 0 Å². The Labute approximate surface area is 175 Å². The molecule has 0 bridgehead atoms. The third-order valence-corrected chi connectivity index (χ3v) is 17.9. The summed E-state index contributed by atoms with van der Waals surface area (Å²) in [6.45, 7) is 23.6. The van der Waals surface area contributed by atoms with Crippen LogP contribution in [0.3, 0.4) is 0 Å². The Bertz CT molecular complexity index is 415. The van der Waals surface area contributed by atoms with Crippen LogP contribution in [0.1, 0.15) is 54.4 Å². The molecule has 0 unspecified atom stereocenters. The maximum atomic E-state index is 8.69. The number of hydrogen-bond donors (Lipinski definition) is 1. The van der Waals surface area contributed by atoms with Gasteiger partial charge >= 0.3 is 0 Å².